The zero-order valence-electron chi connectivity index (χ0n) is 11.4. The topological polar surface area (TPSA) is 49.3 Å². The molecule has 0 aliphatic heterocycles. The normalized spacial score (nSPS) is 12.0. The minimum Gasteiger partial charge on any atom is -0.389 e. The molecule has 1 unspecified atom stereocenters. The fraction of sp³-hybridized carbons (Fsp3) is 0.188. The van der Waals surface area contributed by atoms with E-state index in [1.54, 1.807) is 50.2 Å². The first kappa shape index (κ1) is 14.2. The highest BCUT2D eigenvalue weighted by Gasteiger charge is 2.13. The lowest BCUT2D eigenvalue weighted by Gasteiger charge is -2.10. The summed E-state index contributed by atoms with van der Waals surface area (Å²) < 4.78 is 13.9. The van der Waals surface area contributed by atoms with Gasteiger partial charge in [-0.15, -0.1) is 0 Å². The molecule has 0 spiro atoms. The molecule has 2 N–H and O–H groups in total. The second-order valence-electron chi connectivity index (χ2n) is 4.69. The molecule has 0 saturated heterocycles. The van der Waals surface area contributed by atoms with Gasteiger partial charge in [0.05, 0.1) is 11.7 Å². The molecular weight excluding hydrogens is 257 g/mol. The van der Waals surface area contributed by atoms with Gasteiger partial charge in [-0.1, -0.05) is 24.3 Å². The van der Waals surface area contributed by atoms with E-state index in [9.17, 15) is 14.3 Å². The maximum Gasteiger partial charge on any atom is 0.258 e. The summed E-state index contributed by atoms with van der Waals surface area (Å²) in [6.45, 7) is 3.25. The predicted molar refractivity (Wildman–Crippen MR) is 76.2 cm³/mol. The van der Waals surface area contributed by atoms with E-state index in [0.29, 0.717) is 16.8 Å². The number of amides is 1. The van der Waals surface area contributed by atoms with Gasteiger partial charge in [0.15, 0.2) is 0 Å². The van der Waals surface area contributed by atoms with Gasteiger partial charge >= 0.3 is 0 Å². The summed E-state index contributed by atoms with van der Waals surface area (Å²) in [6, 6.07) is 11.5. The standard InChI is InChI=1S/C16H16FNO2/c1-10-5-3-8-14(15(10)17)16(20)18-13-7-4-6-12(9-13)11(2)19/h3-9,11,19H,1-2H3,(H,18,20). The minimum absolute atomic E-state index is 0.00690. The Hall–Kier alpha value is -2.20. The molecule has 104 valence electrons. The lowest BCUT2D eigenvalue weighted by atomic mass is 10.1. The quantitative estimate of drug-likeness (QED) is 0.900. The summed E-state index contributed by atoms with van der Waals surface area (Å²) in [4.78, 5) is 12.1. The number of carbonyl (C=O) groups is 1. The summed E-state index contributed by atoms with van der Waals surface area (Å²) in [7, 11) is 0. The van der Waals surface area contributed by atoms with Gasteiger partial charge in [0, 0.05) is 5.69 Å². The molecular formula is C16H16FNO2. The highest BCUT2D eigenvalue weighted by molar-refractivity contribution is 6.04. The highest BCUT2D eigenvalue weighted by Crippen LogP contribution is 2.19. The van der Waals surface area contributed by atoms with Crippen LogP contribution in [0.25, 0.3) is 0 Å². The molecule has 0 aromatic heterocycles. The van der Waals surface area contributed by atoms with Crippen LogP contribution in [-0.4, -0.2) is 11.0 Å². The van der Waals surface area contributed by atoms with Gasteiger partial charge < -0.3 is 10.4 Å². The van der Waals surface area contributed by atoms with E-state index in [4.69, 9.17) is 0 Å². The summed E-state index contributed by atoms with van der Waals surface area (Å²) in [5, 5.41) is 12.1. The van der Waals surface area contributed by atoms with Crippen molar-refractivity contribution < 1.29 is 14.3 Å². The number of hydrogen-bond donors (Lipinski definition) is 2. The van der Waals surface area contributed by atoms with Gasteiger partial charge in [-0.05, 0) is 43.2 Å². The molecule has 0 aliphatic rings. The van der Waals surface area contributed by atoms with E-state index in [1.807, 2.05) is 0 Å². The maximum atomic E-state index is 13.9. The van der Waals surface area contributed by atoms with Gasteiger partial charge in [-0.2, -0.15) is 0 Å². The number of halogens is 1. The second-order valence-corrected chi connectivity index (χ2v) is 4.69. The monoisotopic (exact) mass is 273 g/mol. The number of carbonyl (C=O) groups excluding carboxylic acids is 1. The number of anilines is 1. The maximum absolute atomic E-state index is 13.9. The Balaban J connectivity index is 2.24. The number of benzene rings is 2. The van der Waals surface area contributed by atoms with Crippen LogP contribution in [0.4, 0.5) is 10.1 Å². The smallest absolute Gasteiger partial charge is 0.258 e. The molecule has 2 aromatic carbocycles. The fourth-order valence-corrected chi connectivity index (χ4v) is 1.90. The van der Waals surface area contributed by atoms with E-state index in [-0.39, 0.29) is 5.56 Å². The van der Waals surface area contributed by atoms with Crippen molar-refractivity contribution in [3.8, 4) is 0 Å². The Morgan fingerprint density at radius 1 is 1.25 bits per heavy atom. The Kier molecular flexibility index (Phi) is 4.15. The zero-order chi connectivity index (χ0) is 14.7. The number of nitrogens with one attached hydrogen (secondary N) is 1. The number of aliphatic hydroxyl groups is 1. The van der Waals surface area contributed by atoms with Crippen LogP contribution in [0.5, 0.6) is 0 Å². The molecule has 20 heavy (non-hydrogen) atoms. The number of aliphatic hydroxyl groups excluding tert-OH is 1. The summed E-state index contributed by atoms with van der Waals surface area (Å²) in [5.41, 5.74) is 1.64. The molecule has 0 heterocycles. The van der Waals surface area contributed by atoms with Crippen LogP contribution >= 0.6 is 0 Å². The zero-order valence-corrected chi connectivity index (χ0v) is 11.4. The van der Waals surface area contributed by atoms with Crippen LogP contribution in [0, 0.1) is 12.7 Å². The van der Waals surface area contributed by atoms with Crippen LogP contribution in [-0.2, 0) is 0 Å². The van der Waals surface area contributed by atoms with E-state index in [2.05, 4.69) is 5.32 Å². The Morgan fingerprint density at radius 3 is 2.65 bits per heavy atom. The van der Waals surface area contributed by atoms with Crippen LogP contribution in [0.1, 0.15) is 34.5 Å². The minimum atomic E-state index is -0.623. The third-order valence-electron chi connectivity index (χ3n) is 3.06. The van der Waals surface area contributed by atoms with Crippen molar-refractivity contribution in [2.24, 2.45) is 0 Å². The third kappa shape index (κ3) is 3.03. The summed E-state index contributed by atoms with van der Waals surface area (Å²) >= 11 is 0. The van der Waals surface area contributed by atoms with Crippen molar-refractivity contribution >= 4 is 11.6 Å². The number of aryl methyl sites for hydroxylation is 1. The Labute approximate surface area is 117 Å². The van der Waals surface area contributed by atoms with Crippen LogP contribution in [0.2, 0.25) is 0 Å². The third-order valence-corrected chi connectivity index (χ3v) is 3.06. The predicted octanol–water partition coefficient (Wildman–Crippen LogP) is 3.44. The molecule has 1 atom stereocenters. The van der Waals surface area contributed by atoms with E-state index >= 15 is 0 Å². The molecule has 0 saturated carbocycles. The molecule has 2 aromatic rings. The largest absolute Gasteiger partial charge is 0.389 e. The van der Waals surface area contributed by atoms with Crippen LogP contribution in [0.3, 0.4) is 0 Å². The molecule has 3 nitrogen and oxygen atoms in total. The summed E-state index contributed by atoms with van der Waals surface area (Å²) in [6.07, 6.45) is -0.623. The van der Waals surface area contributed by atoms with E-state index in [0.717, 1.165) is 0 Å². The first-order chi connectivity index (χ1) is 9.49. The Bertz CT molecular complexity index is 638. The molecule has 1 amide bonds. The lowest BCUT2D eigenvalue weighted by Crippen LogP contribution is -2.14. The van der Waals surface area contributed by atoms with Crippen molar-refractivity contribution in [1.29, 1.82) is 0 Å². The molecule has 0 fully saturated rings. The van der Waals surface area contributed by atoms with Crippen molar-refractivity contribution in [1.82, 2.24) is 0 Å². The van der Waals surface area contributed by atoms with Crippen LogP contribution < -0.4 is 5.32 Å². The van der Waals surface area contributed by atoms with Crippen LogP contribution in [0.15, 0.2) is 42.5 Å². The second kappa shape index (κ2) is 5.84. The average molecular weight is 273 g/mol. The molecule has 2 rings (SSSR count). The first-order valence-corrected chi connectivity index (χ1v) is 6.33. The van der Waals surface area contributed by atoms with Gasteiger partial charge in [-0.25, -0.2) is 4.39 Å². The van der Waals surface area contributed by atoms with Gasteiger partial charge in [-0.3, -0.25) is 4.79 Å². The molecule has 0 bridgehead atoms. The average Bonchev–Trinajstić information content (AvgIpc) is 2.42. The first-order valence-electron chi connectivity index (χ1n) is 6.33. The highest BCUT2D eigenvalue weighted by atomic mass is 19.1. The van der Waals surface area contributed by atoms with E-state index in [1.165, 1.54) is 6.07 Å². The molecule has 4 heteroatoms. The van der Waals surface area contributed by atoms with Crippen molar-refractivity contribution in [2.45, 2.75) is 20.0 Å². The number of rotatable bonds is 3. The van der Waals surface area contributed by atoms with Crippen molar-refractivity contribution in [3.63, 3.8) is 0 Å². The number of hydrogen-bond acceptors (Lipinski definition) is 2. The Morgan fingerprint density at radius 2 is 1.95 bits per heavy atom. The summed E-state index contributed by atoms with van der Waals surface area (Å²) in [5.74, 6) is -1.02. The molecule has 0 aliphatic carbocycles. The lowest BCUT2D eigenvalue weighted by molar-refractivity contribution is 0.102. The van der Waals surface area contributed by atoms with Gasteiger partial charge in [0.25, 0.3) is 5.91 Å². The fourth-order valence-electron chi connectivity index (χ4n) is 1.90. The van der Waals surface area contributed by atoms with Gasteiger partial charge in [0.1, 0.15) is 5.82 Å². The SMILES string of the molecule is Cc1cccc(C(=O)Nc2cccc(C(C)O)c2)c1F. The van der Waals surface area contributed by atoms with E-state index < -0.39 is 17.8 Å². The van der Waals surface area contributed by atoms with Gasteiger partial charge in [0.2, 0.25) is 0 Å². The van der Waals surface area contributed by atoms with Crippen molar-refractivity contribution in [2.75, 3.05) is 5.32 Å². The van der Waals surface area contributed by atoms with Crippen molar-refractivity contribution in [3.05, 3.63) is 65.0 Å². The molecule has 0 radical (unpaired) electrons.